The Morgan fingerprint density at radius 3 is 1.96 bits per heavy atom. The van der Waals surface area contributed by atoms with Crippen molar-refractivity contribution >= 4 is 39.6 Å². The summed E-state index contributed by atoms with van der Waals surface area (Å²) in [4.78, 5) is 2.37. The first kappa shape index (κ1) is 30.2. The Morgan fingerprint density at radius 1 is 0.560 bits per heavy atom. The van der Waals surface area contributed by atoms with Crippen molar-refractivity contribution in [3.63, 3.8) is 0 Å². The molecule has 0 heterocycles. The number of nitrogens with one attached hydrogen (secondary N) is 1. The van der Waals surface area contributed by atoms with Crippen molar-refractivity contribution in [2.24, 2.45) is 0 Å². The van der Waals surface area contributed by atoms with E-state index in [0.717, 1.165) is 48.4 Å². The second-order valence-electron chi connectivity index (χ2n) is 13.8. The third-order valence-corrected chi connectivity index (χ3v) is 10.7. The summed E-state index contributed by atoms with van der Waals surface area (Å²) in [6.45, 7) is 4.58. The lowest BCUT2D eigenvalue weighted by molar-refractivity contribution is 0.872. The van der Waals surface area contributed by atoms with Crippen LogP contribution in [0.1, 0.15) is 47.6 Å². The summed E-state index contributed by atoms with van der Waals surface area (Å²) >= 11 is 0. The second-order valence-corrected chi connectivity index (χ2v) is 13.8. The standard InChI is InChI=1S/C48H40N2/c1-32-21-22-34-23-27-44-43(42-28-25-38(29-33(42)2)49-37-14-6-3-7-15-37)26-24-36-31-45(46(32)48(34)47(36)44)35-13-12-20-41(30-35)50(39-16-8-4-9-17-39)40-18-10-5-11-19-40/h3-21,24-26,28-30,49H,22-23,27,31H2,1-2H3. The number of rotatable bonds is 7. The summed E-state index contributed by atoms with van der Waals surface area (Å²) in [6.07, 6.45) is 6.66. The van der Waals surface area contributed by atoms with Gasteiger partial charge in [0, 0.05) is 28.4 Å². The molecule has 0 saturated heterocycles. The lowest BCUT2D eigenvalue weighted by atomic mass is 9.67. The summed E-state index contributed by atoms with van der Waals surface area (Å²) in [7, 11) is 0. The molecular formula is C48H40N2. The van der Waals surface area contributed by atoms with Crippen LogP contribution in [-0.2, 0) is 12.8 Å². The van der Waals surface area contributed by atoms with E-state index in [2.05, 4.69) is 176 Å². The molecule has 0 bridgehead atoms. The zero-order valence-electron chi connectivity index (χ0n) is 28.7. The number of hydrogen-bond donors (Lipinski definition) is 1. The van der Waals surface area contributed by atoms with Crippen molar-refractivity contribution < 1.29 is 0 Å². The molecule has 0 aromatic heterocycles. The Labute approximate surface area is 295 Å². The quantitative estimate of drug-likeness (QED) is 0.186. The number of anilines is 5. The maximum atomic E-state index is 3.58. The van der Waals surface area contributed by atoms with Crippen LogP contribution in [0.4, 0.5) is 28.4 Å². The van der Waals surface area contributed by atoms with Gasteiger partial charge in [0.25, 0.3) is 0 Å². The van der Waals surface area contributed by atoms with E-state index in [1.54, 1.807) is 5.57 Å². The van der Waals surface area contributed by atoms with Gasteiger partial charge in [-0.05, 0) is 161 Å². The zero-order chi connectivity index (χ0) is 33.6. The molecule has 0 aliphatic heterocycles. The molecule has 1 N–H and O–H groups in total. The molecule has 50 heavy (non-hydrogen) atoms. The normalized spacial score (nSPS) is 14.6. The summed E-state index contributed by atoms with van der Waals surface area (Å²) in [5.41, 5.74) is 22.9. The Morgan fingerprint density at radius 2 is 1.24 bits per heavy atom. The molecule has 0 spiro atoms. The highest BCUT2D eigenvalue weighted by Gasteiger charge is 2.34. The third-order valence-electron chi connectivity index (χ3n) is 10.7. The van der Waals surface area contributed by atoms with Gasteiger partial charge in [0.1, 0.15) is 0 Å². The van der Waals surface area contributed by atoms with Gasteiger partial charge in [-0.3, -0.25) is 0 Å². The fourth-order valence-corrected chi connectivity index (χ4v) is 8.41. The molecule has 6 aromatic carbocycles. The van der Waals surface area contributed by atoms with Gasteiger partial charge in [-0.2, -0.15) is 0 Å². The van der Waals surface area contributed by atoms with Crippen LogP contribution in [0.15, 0.2) is 168 Å². The number of nitrogens with zero attached hydrogens (tertiary/aromatic N) is 1. The van der Waals surface area contributed by atoms with Crippen LogP contribution in [0.3, 0.4) is 0 Å². The van der Waals surface area contributed by atoms with Crippen molar-refractivity contribution in [3.05, 3.63) is 196 Å². The van der Waals surface area contributed by atoms with Gasteiger partial charge in [0.15, 0.2) is 0 Å². The van der Waals surface area contributed by atoms with E-state index in [0.29, 0.717) is 0 Å². The van der Waals surface area contributed by atoms with E-state index in [4.69, 9.17) is 0 Å². The molecule has 3 aliphatic rings. The van der Waals surface area contributed by atoms with E-state index in [9.17, 15) is 0 Å². The van der Waals surface area contributed by atoms with Gasteiger partial charge in [-0.15, -0.1) is 0 Å². The highest BCUT2D eigenvalue weighted by molar-refractivity contribution is 6.03. The van der Waals surface area contributed by atoms with Gasteiger partial charge < -0.3 is 10.2 Å². The Kier molecular flexibility index (Phi) is 7.58. The fourth-order valence-electron chi connectivity index (χ4n) is 8.41. The van der Waals surface area contributed by atoms with Crippen molar-refractivity contribution in [1.29, 1.82) is 0 Å². The summed E-state index contributed by atoms with van der Waals surface area (Å²) < 4.78 is 0. The Bertz CT molecular complexity index is 2300. The first-order chi connectivity index (χ1) is 24.6. The topological polar surface area (TPSA) is 15.3 Å². The first-order valence-corrected chi connectivity index (χ1v) is 17.8. The minimum atomic E-state index is 0.930. The van der Waals surface area contributed by atoms with Gasteiger partial charge in [0.05, 0.1) is 0 Å². The molecule has 3 aliphatic carbocycles. The zero-order valence-corrected chi connectivity index (χ0v) is 28.7. The first-order valence-electron chi connectivity index (χ1n) is 17.8. The minimum Gasteiger partial charge on any atom is -0.356 e. The summed E-state index contributed by atoms with van der Waals surface area (Å²) in [5.74, 6) is 0. The van der Waals surface area contributed by atoms with Crippen molar-refractivity contribution in [1.82, 2.24) is 0 Å². The molecule has 242 valence electrons. The molecule has 0 saturated carbocycles. The van der Waals surface area contributed by atoms with Gasteiger partial charge in [-0.25, -0.2) is 0 Å². The molecule has 0 amide bonds. The predicted octanol–water partition coefficient (Wildman–Crippen LogP) is 12.9. The molecular weight excluding hydrogens is 605 g/mol. The molecule has 0 fully saturated rings. The third kappa shape index (κ3) is 5.29. The lowest BCUT2D eigenvalue weighted by Gasteiger charge is -2.37. The largest absolute Gasteiger partial charge is 0.356 e. The summed E-state index contributed by atoms with van der Waals surface area (Å²) in [5, 5.41) is 3.58. The van der Waals surface area contributed by atoms with E-state index >= 15 is 0 Å². The molecule has 0 radical (unpaired) electrons. The van der Waals surface area contributed by atoms with Crippen molar-refractivity contribution in [3.8, 4) is 11.1 Å². The Hall–Kier alpha value is -5.86. The number of allylic oxidation sites excluding steroid dienone is 6. The van der Waals surface area contributed by atoms with E-state index in [1.807, 2.05) is 0 Å². The number of para-hydroxylation sites is 3. The highest BCUT2D eigenvalue weighted by atomic mass is 15.1. The molecule has 2 heteroatoms. The van der Waals surface area contributed by atoms with Gasteiger partial charge in [0.2, 0.25) is 0 Å². The number of aryl methyl sites for hydroxylation is 1. The van der Waals surface area contributed by atoms with Gasteiger partial charge >= 0.3 is 0 Å². The Balaban J connectivity index is 1.14. The van der Waals surface area contributed by atoms with Crippen LogP contribution in [0, 0.1) is 6.92 Å². The van der Waals surface area contributed by atoms with E-state index in [-0.39, 0.29) is 0 Å². The monoisotopic (exact) mass is 644 g/mol. The molecule has 9 rings (SSSR count). The van der Waals surface area contributed by atoms with Crippen LogP contribution >= 0.6 is 0 Å². The van der Waals surface area contributed by atoms with Crippen LogP contribution in [0.2, 0.25) is 0 Å². The van der Waals surface area contributed by atoms with Crippen LogP contribution in [0.25, 0.3) is 22.3 Å². The maximum absolute atomic E-state index is 3.58. The molecule has 2 nitrogen and oxygen atoms in total. The molecule has 0 unspecified atom stereocenters. The SMILES string of the molecule is CC1=CCC2=C3C1=C(c1cccc(N(c4ccccc4)c4ccccc4)c1)Cc1ccc(-c4ccc(Nc5ccccc5)cc4C)c(c13)CC2. The van der Waals surface area contributed by atoms with Crippen LogP contribution in [0.5, 0.6) is 0 Å². The summed E-state index contributed by atoms with van der Waals surface area (Å²) in [6, 6.07) is 52.7. The lowest BCUT2D eigenvalue weighted by Crippen LogP contribution is -2.19. The average molecular weight is 645 g/mol. The second kappa shape index (κ2) is 12.5. The predicted molar refractivity (Wildman–Crippen MR) is 212 cm³/mol. The number of benzene rings is 6. The highest BCUT2D eigenvalue weighted by Crippen LogP contribution is 2.53. The average Bonchev–Trinajstić information content (AvgIpc) is 3.16. The molecule has 6 aromatic rings. The van der Waals surface area contributed by atoms with Crippen molar-refractivity contribution in [2.75, 3.05) is 10.2 Å². The smallest absolute Gasteiger partial charge is 0.0467 e. The minimum absolute atomic E-state index is 0.930. The van der Waals surface area contributed by atoms with Gasteiger partial charge in [-0.1, -0.05) is 96.6 Å². The van der Waals surface area contributed by atoms with E-state index < -0.39 is 0 Å². The molecule has 0 atom stereocenters. The fraction of sp³-hybridized carbons (Fsp3) is 0.125. The van der Waals surface area contributed by atoms with E-state index in [1.165, 1.54) is 66.9 Å². The van der Waals surface area contributed by atoms with Crippen molar-refractivity contribution in [2.45, 2.75) is 39.5 Å². The number of hydrogen-bond acceptors (Lipinski definition) is 2. The van der Waals surface area contributed by atoms with Crippen LogP contribution in [-0.4, -0.2) is 0 Å². The van der Waals surface area contributed by atoms with Crippen LogP contribution < -0.4 is 10.2 Å². The maximum Gasteiger partial charge on any atom is 0.0467 e.